The summed E-state index contributed by atoms with van der Waals surface area (Å²) < 4.78 is 38.7. The van der Waals surface area contributed by atoms with Crippen LogP contribution in [0, 0.1) is 23.5 Å². The van der Waals surface area contributed by atoms with E-state index < -0.39 is 11.6 Å². The van der Waals surface area contributed by atoms with Crippen molar-refractivity contribution in [3.05, 3.63) is 71.3 Å². The molecule has 0 N–H and O–H groups in total. The van der Waals surface area contributed by atoms with Crippen molar-refractivity contribution in [2.75, 3.05) is 6.61 Å². The standard InChI is InChI=1S/C30H40F2O2/c1-3-5-6-9-23-12-14-24(15-13-23)10-7-8-11-25-16-18-26(19-17-25)22-34-28-21-20-27(33-4-2)29(31)30(28)32/h7,10,16-21,23-24H,3-6,8-9,11-15,22H2,1-2H3/b10-7+. The van der Waals surface area contributed by atoms with Gasteiger partial charge in [-0.2, -0.15) is 8.78 Å². The Morgan fingerprint density at radius 2 is 1.47 bits per heavy atom. The van der Waals surface area contributed by atoms with Crippen molar-refractivity contribution in [3.8, 4) is 11.5 Å². The molecule has 2 aromatic carbocycles. The molecule has 1 fully saturated rings. The quantitative estimate of drug-likeness (QED) is 0.215. The van der Waals surface area contributed by atoms with Gasteiger partial charge in [0.25, 0.3) is 0 Å². The summed E-state index contributed by atoms with van der Waals surface area (Å²) in [7, 11) is 0. The van der Waals surface area contributed by atoms with Crippen molar-refractivity contribution in [1.82, 2.24) is 0 Å². The summed E-state index contributed by atoms with van der Waals surface area (Å²) in [6.45, 7) is 4.47. The van der Waals surface area contributed by atoms with E-state index in [1.54, 1.807) is 6.92 Å². The Morgan fingerprint density at radius 1 is 0.824 bits per heavy atom. The molecule has 0 atom stereocenters. The molecule has 1 aliphatic rings. The Bertz CT molecular complexity index is 883. The van der Waals surface area contributed by atoms with Gasteiger partial charge in [-0.05, 0) is 80.5 Å². The van der Waals surface area contributed by atoms with Gasteiger partial charge < -0.3 is 9.47 Å². The topological polar surface area (TPSA) is 18.5 Å². The lowest BCUT2D eigenvalue weighted by molar-refractivity contribution is 0.274. The molecule has 3 rings (SSSR count). The smallest absolute Gasteiger partial charge is 0.204 e. The molecule has 0 saturated heterocycles. The van der Waals surface area contributed by atoms with Crippen LogP contribution in [0.2, 0.25) is 0 Å². The first kappa shape index (κ1) is 26.2. The van der Waals surface area contributed by atoms with Gasteiger partial charge in [0.05, 0.1) is 6.61 Å². The Morgan fingerprint density at radius 3 is 2.12 bits per heavy atom. The van der Waals surface area contributed by atoms with E-state index in [2.05, 4.69) is 31.2 Å². The van der Waals surface area contributed by atoms with Crippen molar-refractivity contribution >= 4 is 0 Å². The van der Waals surface area contributed by atoms with Crippen LogP contribution in [0.5, 0.6) is 11.5 Å². The maximum absolute atomic E-state index is 14.2. The lowest BCUT2D eigenvalue weighted by Crippen LogP contribution is -2.13. The average molecular weight is 471 g/mol. The van der Waals surface area contributed by atoms with Crippen LogP contribution >= 0.6 is 0 Å². The van der Waals surface area contributed by atoms with Crippen molar-refractivity contribution < 1.29 is 18.3 Å². The van der Waals surface area contributed by atoms with Gasteiger partial charge in [0.2, 0.25) is 11.6 Å². The molecule has 0 amide bonds. The zero-order valence-electron chi connectivity index (χ0n) is 20.8. The summed E-state index contributed by atoms with van der Waals surface area (Å²) in [5, 5.41) is 0. The van der Waals surface area contributed by atoms with E-state index in [9.17, 15) is 8.78 Å². The number of ether oxygens (including phenoxy) is 2. The van der Waals surface area contributed by atoms with Crippen LogP contribution in [-0.2, 0) is 13.0 Å². The third-order valence-electron chi connectivity index (χ3n) is 6.84. The predicted molar refractivity (Wildman–Crippen MR) is 135 cm³/mol. The lowest BCUT2D eigenvalue weighted by Gasteiger charge is -2.26. The molecule has 186 valence electrons. The molecule has 0 aliphatic heterocycles. The molecule has 1 aliphatic carbocycles. The second-order valence-corrected chi connectivity index (χ2v) is 9.47. The highest BCUT2D eigenvalue weighted by Crippen LogP contribution is 2.33. The number of hydrogen-bond donors (Lipinski definition) is 0. The van der Waals surface area contributed by atoms with Gasteiger partial charge in [0.15, 0.2) is 11.5 Å². The molecular formula is C30H40F2O2. The molecule has 2 nitrogen and oxygen atoms in total. The van der Waals surface area contributed by atoms with E-state index in [4.69, 9.17) is 9.47 Å². The average Bonchev–Trinajstić information content (AvgIpc) is 2.86. The normalized spacial score (nSPS) is 18.4. The highest BCUT2D eigenvalue weighted by Gasteiger charge is 2.19. The fraction of sp³-hybridized carbons (Fsp3) is 0.533. The monoisotopic (exact) mass is 470 g/mol. The minimum atomic E-state index is -1.01. The molecule has 4 heteroatoms. The molecular weight excluding hydrogens is 430 g/mol. The zero-order valence-corrected chi connectivity index (χ0v) is 20.8. The predicted octanol–water partition coefficient (Wildman–Crippen LogP) is 8.82. The van der Waals surface area contributed by atoms with Crippen LogP contribution in [0.1, 0.15) is 82.8 Å². The van der Waals surface area contributed by atoms with Gasteiger partial charge in [-0.25, -0.2) is 0 Å². The first-order valence-electron chi connectivity index (χ1n) is 13.1. The largest absolute Gasteiger partial charge is 0.491 e. The van der Waals surface area contributed by atoms with Gasteiger partial charge in [0.1, 0.15) is 6.61 Å². The van der Waals surface area contributed by atoms with Crippen LogP contribution in [0.3, 0.4) is 0 Å². The minimum absolute atomic E-state index is 0.0964. The second kappa shape index (κ2) is 14.1. The zero-order chi connectivity index (χ0) is 24.2. The summed E-state index contributed by atoms with van der Waals surface area (Å²) in [4.78, 5) is 0. The van der Waals surface area contributed by atoms with E-state index in [1.807, 2.05) is 12.1 Å². The molecule has 0 radical (unpaired) electrons. The van der Waals surface area contributed by atoms with Crippen LogP contribution in [0.15, 0.2) is 48.6 Å². The molecule has 0 spiro atoms. The third kappa shape index (κ3) is 8.14. The summed E-state index contributed by atoms with van der Waals surface area (Å²) in [5.74, 6) is -0.508. The Hall–Kier alpha value is -2.36. The molecule has 34 heavy (non-hydrogen) atoms. The fourth-order valence-electron chi connectivity index (χ4n) is 4.75. The number of rotatable bonds is 13. The Labute approximate surface area is 204 Å². The van der Waals surface area contributed by atoms with Gasteiger partial charge >= 0.3 is 0 Å². The molecule has 0 aromatic heterocycles. The molecule has 0 heterocycles. The Kier molecular flexibility index (Phi) is 10.9. The molecule has 1 saturated carbocycles. The minimum Gasteiger partial charge on any atom is -0.491 e. The van der Waals surface area contributed by atoms with Crippen LogP contribution in [-0.4, -0.2) is 6.61 Å². The number of aryl methyl sites for hydroxylation is 1. The molecule has 0 bridgehead atoms. The van der Waals surface area contributed by atoms with Crippen molar-refractivity contribution in [3.63, 3.8) is 0 Å². The van der Waals surface area contributed by atoms with Crippen LogP contribution in [0.4, 0.5) is 8.78 Å². The van der Waals surface area contributed by atoms with Crippen LogP contribution < -0.4 is 9.47 Å². The number of halogens is 2. The molecule has 2 aromatic rings. The summed E-state index contributed by atoms with van der Waals surface area (Å²) in [6, 6.07) is 11.0. The summed E-state index contributed by atoms with van der Waals surface area (Å²) in [5.41, 5.74) is 2.19. The number of benzene rings is 2. The van der Waals surface area contributed by atoms with E-state index in [-0.39, 0.29) is 24.7 Å². The van der Waals surface area contributed by atoms with Gasteiger partial charge in [-0.1, -0.05) is 69.0 Å². The highest BCUT2D eigenvalue weighted by molar-refractivity contribution is 5.35. The number of allylic oxidation sites excluding steroid dienone is 2. The molecule has 0 unspecified atom stereocenters. The highest BCUT2D eigenvalue weighted by atomic mass is 19.2. The van der Waals surface area contributed by atoms with E-state index in [1.165, 1.54) is 69.1 Å². The summed E-state index contributed by atoms with van der Waals surface area (Å²) in [6.07, 6.45) is 17.9. The first-order chi connectivity index (χ1) is 16.6. The van der Waals surface area contributed by atoms with E-state index in [0.717, 1.165) is 30.2 Å². The Balaban J connectivity index is 1.37. The second-order valence-electron chi connectivity index (χ2n) is 9.47. The fourth-order valence-corrected chi connectivity index (χ4v) is 4.75. The van der Waals surface area contributed by atoms with E-state index >= 15 is 0 Å². The van der Waals surface area contributed by atoms with Gasteiger partial charge in [-0.3, -0.25) is 0 Å². The maximum Gasteiger partial charge on any atom is 0.204 e. The van der Waals surface area contributed by atoms with Gasteiger partial charge in [-0.15, -0.1) is 0 Å². The van der Waals surface area contributed by atoms with E-state index in [0.29, 0.717) is 0 Å². The van der Waals surface area contributed by atoms with Crippen LogP contribution in [0.25, 0.3) is 0 Å². The van der Waals surface area contributed by atoms with Gasteiger partial charge in [0, 0.05) is 0 Å². The number of hydrogen-bond acceptors (Lipinski definition) is 2. The first-order valence-corrected chi connectivity index (χ1v) is 13.1. The SMILES string of the molecule is CCCCCC1CCC(/C=C/CCc2ccc(COc3ccc(OCC)c(F)c3F)cc2)CC1. The number of unbranched alkanes of at least 4 members (excludes halogenated alkanes) is 2. The lowest BCUT2D eigenvalue weighted by atomic mass is 9.79. The maximum atomic E-state index is 14.2. The van der Waals surface area contributed by atoms with Crippen molar-refractivity contribution in [2.45, 2.75) is 84.7 Å². The third-order valence-corrected chi connectivity index (χ3v) is 6.84. The van der Waals surface area contributed by atoms with Crippen molar-refractivity contribution in [2.24, 2.45) is 11.8 Å². The summed E-state index contributed by atoms with van der Waals surface area (Å²) >= 11 is 0. The van der Waals surface area contributed by atoms with Crippen molar-refractivity contribution in [1.29, 1.82) is 0 Å².